The molecule has 0 amide bonds. The number of allylic oxidation sites excluding steroid dienone is 1. The number of rotatable bonds is 4. The molecular formula is C12H20O. The van der Waals surface area contributed by atoms with Gasteiger partial charge in [0, 0.05) is 11.8 Å². The summed E-state index contributed by atoms with van der Waals surface area (Å²) in [7, 11) is 0. The summed E-state index contributed by atoms with van der Waals surface area (Å²) in [5, 5.41) is 0. The Hall–Kier alpha value is -0.590. The van der Waals surface area contributed by atoms with Gasteiger partial charge >= 0.3 is 0 Å². The van der Waals surface area contributed by atoms with E-state index in [2.05, 4.69) is 13.5 Å². The Morgan fingerprint density at radius 3 is 2.85 bits per heavy atom. The number of Topliss-reactive ketones (excluding diaryl/α,β-unsaturated/α-hetero) is 1. The molecule has 1 rings (SSSR count). The summed E-state index contributed by atoms with van der Waals surface area (Å²) < 4.78 is 0. The van der Waals surface area contributed by atoms with Crippen LogP contribution >= 0.6 is 0 Å². The third-order valence-corrected chi connectivity index (χ3v) is 3.16. The normalized spacial score (nSPS) is 28.8. The second-order valence-corrected chi connectivity index (χ2v) is 4.15. The highest BCUT2D eigenvalue weighted by atomic mass is 16.1. The third kappa shape index (κ3) is 2.20. The van der Waals surface area contributed by atoms with Crippen molar-refractivity contribution in [2.24, 2.45) is 5.41 Å². The van der Waals surface area contributed by atoms with Crippen LogP contribution in [0.25, 0.3) is 0 Å². The Kier molecular flexibility index (Phi) is 3.71. The van der Waals surface area contributed by atoms with Crippen LogP contribution in [0.4, 0.5) is 0 Å². The summed E-state index contributed by atoms with van der Waals surface area (Å²) in [5.41, 5.74) is -0.0191. The third-order valence-electron chi connectivity index (χ3n) is 3.16. The second kappa shape index (κ2) is 4.59. The molecule has 0 heterocycles. The molecule has 0 spiro atoms. The van der Waals surface area contributed by atoms with Crippen LogP contribution in [-0.2, 0) is 4.79 Å². The summed E-state index contributed by atoms with van der Waals surface area (Å²) in [6.45, 7) is 5.92. The molecule has 0 aliphatic heterocycles. The van der Waals surface area contributed by atoms with Gasteiger partial charge in [0.25, 0.3) is 0 Å². The van der Waals surface area contributed by atoms with Crippen LogP contribution in [-0.4, -0.2) is 5.78 Å². The second-order valence-electron chi connectivity index (χ2n) is 4.15. The van der Waals surface area contributed by atoms with Crippen LogP contribution < -0.4 is 0 Å². The van der Waals surface area contributed by atoms with Crippen molar-refractivity contribution in [1.82, 2.24) is 0 Å². The Labute approximate surface area is 81.2 Å². The first-order valence-electron chi connectivity index (χ1n) is 5.39. The highest BCUT2D eigenvalue weighted by molar-refractivity contribution is 5.85. The number of ketones is 1. The summed E-state index contributed by atoms with van der Waals surface area (Å²) in [5.74, 6) is 0.487. The predicted molar refractivity (Wildman–Crippen MR) is 55.6 cm³/mol. The van der Waals surface area contributed by atoms with Gasteiger partial charge in [0.1, 0.15) is 5.78 Å². The number of carbonyl (C=O) groups excluding carboxylic acids is 1. The minimum atomic E-state index is -0.0191. The summed E-state index contributed by atoms with van der Waals surface area (Å²) in [4.78, 5) is 11.8. The zero-order chi connectivity index (χ0) is 9.73. The SMILES string of the molecule is C=CCC1(CCC)CCCCC1=O. The van der Waals surface area contributed by atoms with Gasteiger partial charge < -0.3 is 0 Å². The van der Waals surface area contributed by atoms with E-state index in [-0.39, 0.29) is 5.41 Å². The fraction of sp³-hybridized carbons (Fsp3) is 0.750. The molecule has 0 saturated heterocycles. The highest BCUT2D eigenvalue weighted by Gasteiger charge is 2.37. The van der Waals surface area contributed by atoms with Crippen molar-refractivity contribution in [3.05, 3.63) is 12.7 Å². The van der Waals surface area contributed by atoms with Crippen molar-refractivity contribution in [3.63, 3.8) is 0 Å². The zero-order valence-corrected chi connectivity index (χ0v) is 8.64. The minimum Gasteiger partial charge on any atom is -0.299 e. The highest BCUT2D eigenvalue weighted by Crippen LogP contribution is 2.40. The lowest BCUT2D eigenvalue weighted by Gasteiger charge is -2.34. The molecule has 0 N–H and O–H groups in total. The molecule has 0 bridgehead atoms. The lowest BCUT2D eigenvalue weighted by molar-refractivity contribution is -0.131. The van der Waals surface area contributed by atoms with E-state index in [0.29, 0.717) is 5.78 Å². The van der Waals surface area contributed by atoms with E-state index in [0.717, 1.165) is 38.5 Å². The molecule has 1 unspecified atom stereocenters. The van der Waals surface area contributed by atoms with Crippen LogP contribution in [0.3, 0.4) is 0 Å². The molecule has 1 fully saturated rings. The summed E-state index contributed by atoms with van der Waals surface area (Å²) in [6.07, 6.45) is 9.18. The molecule has 1 aliphatic rings. The Balaban J connectivity index is 2.72. The average Bonchev–Trinajstić information content (AvgIpc) is 2.11. The van der Waals surface area contributed by atoms with E-state index >= 15 is 0 Å². The average molecular weight is 180 g/mol. The van der Waals surface area contributed by atoms with Crippen molar-refractivity contribution >= 4 is 5.78 Å². The smallest absolute Gasteiger partial charge is 0.139 e. The Bertz CT molecular complexity index is 191. The summed E-state index contributed by atoms with van der Waals surface area (Å²) in [6, 6.07) is 0. The van der Waals surface area contributed by atoms with E-state index < -0.39 is 0 Å². The predicted octanol–water partition coefficient (Wildman–Crippen LogP) is 3.49. The van der Waals surface area contributed by atoms with Crippen LogP contribution in [0.2, 0.25) is 0 Å². The van der Waals surface area contributed by atoms with E-state index in [9.17, 15) is 4.79 Å². The van der Waals surface area contributed by atoms with E-state index in [1.54, 1.807) is 0 Å². The Morgan fingerprint density at radius 1 is 1.54 bits per heavy atom. The van der Waals surface area contributed by atoms with Crippen molar-refractivity contribution in [2.75, 3.05) is 0 Å². The van der Waals surface area contributed by atoms with Crippen molar-refractivity contribution < 1.29 is 4.79 Å². The zero-order valence-electron chi connectivity index (χ0n) is 8.64. The van der Waals surface area contributed by atoms with Crippen molar-refractivity contribution in [3.8, 4) is 0 Å². The molecule has 1 heteroatoms. The molecule has 1 saturated carbocycles. The molecule has 0 aromatic rings. The van der Waals surface area contributed by atoms with E-state index in [1.807, 2.05) is 6.08 Å². The van der Waals surface area contributed by atoms with Gasteiger partial charge in [-0.3, -0.25) is 4.79 Å². The van der Waals surface area contributed by atoms with Gasteiger partial charge in [-0.2, -0.15) is 0 Å². The number of hydrogen-bond acceptors (Lipinski definition) is 1. The fourth-order valence-corrected chi connectivity index (χ4v) is 2.49. The quantitative estimate of drug-likeness (QED) is 0.605. The lowest BCUT2D eigenvalue weighted by Crippen LogP contribution is -2.33. The maximum atomic E-state index is 11.8. The van der Waals surface area contributed by atoms with Gasteiger partial charge in [0.05, 0.1) is 0 Å². The maximum absolute atomic E-state index is 11.8. The largest absolute Gasteiger partial charge is 0.299 e. The van der Waals surface area contributed by atoms with Gasteiger partial charge in [-0.15, -0.1) is 6.58 Å². The lowest BCUT2D eigenvalue weighted by atomic mass is 9.68. The molecule has 0 aromatic carbocycles. The Morgan fingerprint density at radius 2 is 2.31 bits per heavy atom. The monoisotopic (exact) mass is 180 g/mol. The first-order valence-corrected chi connectivity index (χ1v) is 5.39. The summed E-state index contributed by atoms with van der Waals surface area (Å²) >= 11 is 0. The molecular weight excluding hydrogens is 160 g/mol. The van der Waals surface area contributed by atoms with Crippen molar-refractivity contribution in [2.45, 2.75) is 51.9 Å². The molecule has 0 radical (unpaired) electrons. The number of carbonyl (C=O) groups is 1. The van der Waals surface area contributed by atoms with Gasteiger partial charge in [-0.05, 0) is 25.7 Å². The maximum Gasteiger partial charge on any atom is 0.139 e. The minimum absolute atomic E-state index is 0.0191. The molecule has 1 atom stereocenters. The van der Waals surface area contributed by atoms with E-state index in [1.165, 1.54) is 6.42 Å². The van der Waals surface area contributed by atoms with Crippen molar-refractivity contribution in [1.29, 1.82) is 0 Å². The first-order chi connectivity index (χ1) is 6.25. The van der Waals surface area contributed by atoms with Crippen LogP contribution in [0, 0.1) is 5.41 Å². The van der Waals surface area contributed by atoms with E-state index in [4.69, 9.17) is 0 Å². The van der Waals surface area contributed by atoms with Gasteiger partial charge in [0.15, 0.2) is 0 Å². The van der Waals surface area contributed by atoms with Gasteiger partial charge in [-0.25, -0.2) is 0 Å². The standard InChI is InChI=1S/C12H20O/c1-3-8-12(9-4-2)10-6-5-7-11(12)13/h3H,1,4-10H2,2H3. The molecule has 1 aliphatic carbocycles. The van der Waals surface area contributed by atoms with Crippen LogP contribution in [0.5, 0.6) is 0 Å². The van der Waals surface area contributed by atoms with Crippen LogP contribution in [0.15, 0.2) is 12.7 Å². The molecule has 13 heavy (non-hydrogen) atoms. The number of hydrogen-bond donors (Lipinski definition) is 0. The topological polar surface area (TPSA) is 17.1 Å². The molecule has 0 aromatic heterocycles. The molecule has 74 valence electrons. The fourth-order valence-electron chi connectivity index (χ4n) is 2.49. The molecule has 1 nitrogen and oxygen atoms in total. The van der Waals surface area contributed by atoms with Gasteiger partial charge in [-0.1, -0.05) is 25.8 Å². The first kappa shape index (κ1) is 10.5. The van der Waals surface area contributed by atoms with Gasteiger partial charge in [0.2, 0.25) is 0 Å². The van der Waals surface area contributed by atoms with Crippen LogP contribution in [0.1, 0.15) is 51.9 Å².